The Hall–Kier alpha value is -2.86. The summed E-state index contributed by atoms with van der Waals surface area (Å²) < 4.78 is 5.24. The number of anilines is 2. The molecule has 1 atom stereocenters. The van der Waals surface area contributed by atoms with E-state index in [1.165, 1.54) is 0 Å². The number of para-hydroxylation sites is 2. The van der Waals surface area contributed by atoms with Gasteiger partial charge in [-0.05, 0) is 69.3 Å². The standard InChI is InChI=1S/C21H25N3O3/c1-15(24-13-5-6-14-24)20(25)22-17-11-9-16(10-12-17)21(26)23-18-7-3-4-8-19(18)27-2/h3-4,7-12,15H,5-6,13-14H2,1-2H3,(H,22,25)(H,23,26)/t15-/m1/s1. The maximum atomic E-state index is 12.4. The average Bonchev–Trinajstić information content (AvgIpc) is 3.23. The van der Waals surface area contributed by atoms with Crippen LogP contribution in [0.4, 0.5) is 11.4 Å². The van der Waals surface area contributed by atoms with Crippen LogP contribution in [0, 0.1) is 0 Å². The highest BCUT2D eigenvalue weighted by Crippen LogP contribution is 2.24. The summed E-state index contributed by atoms with van der Waals surface area (Å²) in [6.45, 7) is 3.86. The Kier molecular flexibility index (Phi) is 6.08. The second kappa shape index (κ2) is 8.68. The summed E-state index contributed by atoms with van der Waals surface area (Å²) in [5.74, 6) is 0.344. The molecule has 1 fully saturated rings. The van der Waals surface area contributed by atoms with Crippen LogP contribution in [0.25, 0.3) is 0 Å². The Morgan fingerprint density at radius 1 is 1.00 bits per heavy atom. The molecule has 0 unspecified atom stereocenters. The minimum Gasteiger partial charge on any atom is -0.495 e. The van der Waals surface area contributed by atoms with Gasteiger partial charge in [0.2, 0.25) is 5.91 Å². The van der Waals surface area contributed by atoms with Crippen molar-refractivity contribution in [1.29, 1.82) is 0 Å². The van der Waals surface area contributed by atoms with E-state index in [0.29, 0.717) is 22.7 Å². The van der Waals surface area contributed by atoms with Crippen molar-refractivity contribution in [3.8, 4) is 5.75 Å². The van der Waals surface area contributed by atoms with E-state index in [4.69, 9.17) is 4.74 Å². The number of benzene rings is 2. The molecule has 0 saturated carbocycles. The molecule has 1 heterocycles. The first-order valence-electron chi connectivity index (χ1n) is 9.18. The summed E-state index contributed by atoms with van der Waals surface area (Å²) >= 11 is 0. The number of hydrogen-bond acceptors (Lipinski definition) is 4. The van der Waals surface area contributed by atoms with Crippen molar-refractivity contribution >= 4 is 23.2 Å². The number of amides is 2. The number of likely N-dealkylation sites (tertiary alicyclic amines) is 1. The molecule has 1 saturated heterocycles. The number of carbonyl (C=O) groups is 2. The van der Waals surface area contributed by atoms with Crippen LogP contribution < -0.4 is 15.4 Å². The zero-order valence-electron chi connectivity index (χ0n) is 15.7. The molecule has 6 heteroatoms. The van der Waals surface area contributed by atoms with E-state index in [2.05, 4.69) is 15.5 Å². The largest absolute Gasteiger partial charge is 0.495 e. The van der Waals surface area contributed by atoms with Gasteiger partial charge in [-0.2, -0.15) is 0 Å². The minimum absolute atomic E-state index is 0.0249. The molecule has 1 aliphatic heterocycles. The summed E-state index contributed by atoms with van der Waals surface area (Å²) in [5, 5.41) is 5.76. The van der Waals surface area contributed by atoms with Gasteiger partial charge in [-0.15, -0.1) is 0 Å². The Labute approximate surface area is 159 Å². The summed E-state index contributed by atoms with van der Waals surface area (Å²) in [4.78, 5) is 27.0. The lowest BCUT2D eigenvalue weighted by Gasteiger charge is -2.22. The first-order chi connectivity index (χ1) is 13.1. The molecular formula is C21H25N3O3. The van der Waals surface area contributed by atoms with Gasteiger partial charge in [0.05, 0.1) is 18.8 Å². The first-order valence-corrected chi connectivity index (χ1v) is 9.18. The van der Waals surface area contributed by atoms with Gasteiger partial charge in [-0.1, -0.05) is 12.1 Å². The molecule has 0 spiro atoms. The normalized spacial score (nSPS) is 15.2. The van der Waals surface area contributed by atoms with Gasteiger partial charge in [-0.25, -0.2) is 0 Å². The highest BCUT2D eigenvalue weighted by Gasteiger charge is 2.23. The molecule has 2 aromatic carbocycles. The maximum Gasteiger partial charge on any atom is 0.255 e. The highest BCUT2D eigenvalue weighted by molar-refractivity contribution is 6.05. The fourth-order valence-corrected chi connectivity index (χ4v) is 3.19. The van der Waals surface area contributed by atoms with Crippen molar-refractivity contribution < 1.29 is 14.3 Å². The molecular weight excluding hydrogens is 342 g/mol. The van der Waals surface area contributed by atoms with Crippen LogP contribution in [0.5, 0.6) is 5.75 Å². The Morgan fingerprint density at radius 3 is 2.33 bits per heavy atom. The molecule has 2 aromatic rings. The third-order valence-electron chi connectivity index (χ3n) is 4.84. The fraction of sp³-hybridized carbons (Fsp3) is 0.333. The minimum atomic E-state index is -0.234. The second-order valence-electron chi connectivity index (χ2n) is 6.64. The number of hydrogen-bond donors (Lipinski definition) is 2. The van der Waals surface area contributed by atoms with Crippen molar-refractivity contribution in [2.24, 2.45) is 0 Å². The van der Waals surface area contributed by atoms with Gasteiger partial charge < -0.3 is 15.4 Å². The van der Waals surface area contributed by atoms with E-state index in [9.17, 15) is 9.59 Å². The molecule has 0 radical (unpaired) electrons. The molecule has 142 valence electrons. The topological polar surface area (TPSA) is 70.7 Å². The molecule has 1 aliphatic rings. The maximum absolute atomic E-state index is 12.4. The third kappa shape index (κ3) is 4.65. The lowest BCUT2D eigenvalue weighted by Crippen LogP contribution is -2.40. The number of rotatable bonds is 6. The van der Waals surface area contributed by atoms with Gasteiger partial charge in [0, 0.05) is 11.3 Å². The van der Waals surface area contributed by atoms with Crippen LogP contribution in [0.3, 0.4) is 0 Å². The van der Waals surface area contributed by atoms with Gasteiger partial charge >= 0.3 is 0 Å². The molecule has 2 amide bonds. The second-order valence-corrected chi connectivity index (χ2v) is 6.64. The van der Waals surface area contributed by atoms with Crippen LogP contribution in [0.2, 0.25) is 0 Å². The number of ether oxygens (including phenoxy) is 1. The molecule has 27 heavy (non-hydrogen) atoms. The zero-order chi connectivity index (χ0) is 19.2. The smallest absolute Gasteiger partial charge is 0.255 e. The van der Waals surface area contributed by atoms with Crippen LogP contribution in [-0.4, -0.2) is 43.0 Å². The molecule has 6 nitrogen and oxygen atoms in total. The van der Waals surface area contributed by atoms with E-state index in [-0.39, 0.29) is 17.9 Å². The van der Waals surface area contributed by atoms with E-state index in [1.807, 2.05) is 19.1 Å². The molecule has 0 aromatic heterocycles. The van der Waals surface area contributed by atoms with Gasteiger partial charge in [-0.3, -0.25) is 14.5 Å². The molecule has 3 rings (SSSR count). The summed E-state index contributed by atoms with van der Waals surface area (Å²) in [6, 6.07) is 14.0. The summed E-state index contributed by atoms with van der Waals surface area (Å²) in [6.07, 6.45) is 2.29. The van der Waals surface area contributed by atoms with Gasteiger partial charge in [0.1, 0.15) is 5.75 Å². The predicted molar refractivity (Wildman–Crippen MR) is 106 cm³/mol. The van der Waals surface area contributed by atoms with Crippen LogP contribution in [0.1, 0.15) is 30.1 Å². The Bertz CT molecular complexity index is 799. The third-order valence-corrected chi connectivity index (χ3v) is 4.84. The zero-order valence-corrected chi connectivity index (χ0v) is 15.7. The number of nitrogens with one attached hydrogen (secondary N) is 2. The van der Waals surface area contributed by atoms with Crippen molar-refractivity contribution in [2.75, 3.05) is 30.8 Å². The molecule has 2 N–H and O–H groups in total. The fourth-order valence-electron chi connectivity index (χ4n) is 3.19. The predicted octanol–water partition coefficient (Wildman–Crippen LogP) is 3.37. The van der Waals surface area contributed by atoms with E-state index < -0.39 is 0 Å². The summed E-state index contributed by atoms with van der Waals surface area (Å²) in [5.41, 5.74) is 1.80. The van der Waals surface area contributed by atoms with Crippen molar-refractivity contribution in [3.63, 3.8) is 0 Å². The average molecular weight is 367 g/mol. The number of nitrogens with zero attached hydrogens (tertiary/aromatic N) is 1. The SMILES string of the molecule is COc1ccccc1NC(=O)c1ccc(NC(=O)[C@@H](C)N2CCCC2)cc1. The molecule has 0 bridgehead atoms. The van der Waals surface area contributed by atoms with Crippen molar-refractivity contribution in [2.45, 2.75) is 25.8 Å². The lowest BCUT2D eigenvalue weighted by molar-refractivity contribution is -0.120. The van der Waals surface area contributed by atoms with Gasteiger partial charge in [0.15, 0.2) is 0 Å². The Balaban J connectivity index is 1.61. The van der Waals surface area contributed by atoms with Crippen molar-refractivity contribution in [3.05, 3.63) is 54.1 Å². The van der Waals surface area contributed by atoms with Crippen LogP contribution in [-0.2, 0) is 4.79 Å². The number of methoxy groups -OCH3 is 1. The lowest BCUT2D eigenvalue weighted by atomic mass is 10.1. The highest BCUT2D eigenvalue weighted by atomic mass is 16.5. The number of carbonyl (C=O) groups excluding carboxylic acids is 2. The molecule has 0 aliphatic carbocycles. The first kappa shape index (κ1) is 18.9. The van der Waals surface area contributed by atoms with E-state index in [1.54, 1.807) is 43.5 Å². The van der Waals surface area contributed by atoms with Gasteiger partial charge in [0.25, 0.3) is 5.91 Å². The van der Waals surface area contributed by atoms with E-state index >= 15 is 0 Å². The van der Waals surface area contributed by atoms with Crippen LogP contribution >= 0.6 is 0 Å². The summed E-state index contributed by atoms with van der Waals surface area (Å²) in [7, 11) is 1.56. The monoisotopic (exact) mass is 367 g/mol. The quantitative estimate of drug-likeness (QED) is 0.821. The van der Waals surface area contributed by atoms with Crippen molar-refractivity contribution in [1.82, 2.24) is 4.90 Å². The van der Waals surface area contributed by atoms with Crippen LogP contribution in [0.15, 0.2) is 48.5 Å². The Morgan fingerprint density at radius 2 is 1.67 bits per heavy atom. The van der Waals surface area contributed by atoms with E-state index in [0.717, 1.165) is 25.9 Å².